The highest BCUT2D eigenvalue weighted by Crippen LogP contribution is 2.39. The molecular formula is C20H21ClN4O. The molecule has 1 aromatic heterocycles. The Morgan fingerprint density at radius 1 is 1.12 bits per heavy atom. The van der Waals surface area contributed by atoms with Gasteiger partial charge in [-0.2, -0.15) is 0 Å². The van der Waals surface area contributed by atoms with Gasteiger partial charge in [0.2, 0.25) is 0 Å². The second kappa shape index (κ2) is 7.09. The smallest absolute Gasteiger partial charge is 0.0936 e. The summed E-state index contributed by atoms with van der Waals surface area (Å²) in [5.41, 5.74) is 6.74. The number of hydrogen-bond donors (Lipinski definition) is 0. The maximum atomic E-state index is 6.09. The van der Waals surface area contributed by atoms with Gasteiger partial charge in [-0.1, -0.05) is 28.9 Å². The number of fused-ring (bicyclic) bond motifs is 3. The lowest BCUT2D eigenvalue weighted by atomic mass is 10.0. The number of benzene rings is 2. The Morgan fingerprint density at radius 2 is 1.92 bits per heavy atom. The van der Waals surface area contributed by atoms with Gasteiger partial charge in [-0.3, -0.25) is 0 Å². The molecule has 0 N–H and O–H groups in total. The predicted molar refractivity (Wildman–Crippen MR) is 104 cm³/mol. The molecule has 2 aromatic carbocycles. The Hall–Kier alpha value is -2.37. The van der Waals surface area contributed by atoms with Crippen LogP contribution in [0.3, 0.4) is 0 Å². The van der Waals surface area contributed by atoms with Crippen molar-refractivity contribution in [2.24, 2.45) is 0 Å². The summed E-state index contributed by atoms with van der Waals surface area (Å²) in [4.78, 5) is 2.33. The van der Waals surface area contributed by atoms with Crippen LogP contribution in [0.25, 0.3) is 11.3 Å². The van der Waals surface area contributed by atoms with Crippen LogP contribution in [0.1, 0.15) is 11.3 Å². The number of aromatic nitrogens is 3. The average Bonchev–Trinajstić information content (AvgIpc) is 2.93. The highest BCUT2D eigenvalue weighted by Gasteiger charge is 2.24. The van der Waals surface area contributed by atoms with Crippen LogP contribution in [-0.4, -0.2) is 35.3 Å². The maximum absolute atomic E-state index is 6.09. The molecule has 26 heavy (non-hydrogen) atoms. The van der Waals surface area contributed by atoms with Crippen molar-refractivity contribution in [3.8, 4) is 11.3 Å². The van der Waals surface area contributed by atoms with Crippen molar-refractivity contribution in [2.75, 3.05) is 25.2 Å². The summed E-state index contributed by atoms with van der Waals surface area (Å²) in [6.07, 6.45) is 0.884. The van der Waals surface area contributed by atoms with E-state index in [2.05, 4.69) is 45.5 Å². The quantitative estimate of drug-likeness (QED) is 0.690. The largest absolute Gasteiger partial charge is 0.384 e. The molecular weight excluding hydrogens is 348 g/mol. The molecule has 0 amide bonds. The molecule has 0 saturated carbocycles. The molecule has 0 radical (unpaired) electrons. The molecule has 0 aliphatic carbocycles. The molecule has 0 saturated heterocycles. The summed E-state index contributed by atoms with van der Waals surface area (Å²) in [5, 5.41) is 9.35. The Balaban J connectivity index is 1.85. The molecule has 0 fully saturated rings. The first-order valence-electron chi connectivity index (χ1n) is 8.73. The third-order valence-electron chi connectivity index (χ3n) is 4.78. The molecule has 0 unspecified atom stereocenters. The number of rotatable bonds is 4. The van der Waals surface area contributed by atoms with Gasteiger partial charge < -0.3 is 9.64 Å². The van der Waals surface area contributed by atoms with Crippen LogP contribution in [0.5, 0.6) is 0 Å². The van der Waals surface area contributed by atoms with Crippen LogP contribution in [0.4, 0.5) is 11.4 Å². The molecule has 5 nitrogen and oxygen atoms in total. The van der Waals surface area contributed by atoms with E-state index in [0.29, 0.717) is 6.61 Å². The van der Waals surface area contributed by atoms with E-state index in [4.69, 9.17) is 16.3 Å². The minimum absolute atomic E-state index is 0.707. The van der Waals surface area contributed by atoms with E-state index in [0.717, 1.165) is 47.2 Å². The van der Waals surface area contributed by atoms with Crippen LogP contribution in [0.2, 0.25) is 5.02 Å². The van der Waals surface area contributed by atoms with E-state index in [-0.39, 0.29) is 0 Å². The minimum atomic E-state index is 0.707. The Morgan fingerprint density at radius 3 is 2.69 bits per heavy atom. The topological polar surface area (TPSA) is 43.2 Å². The Labute approximate surface area is 158 Å². The van der Waals surface area contributed by atoms with Crippen LogP contribution in [0, 0.1) is 6.92 Å². The zero-order valence-electron chi connectivity index (χ0n) is 14.9. The number of nitrogens with zero attached hydrogens (tertiary/aromatic N) is 4. The normalized spacial score (nSPS) is 13.3. The first-order valence-corrected chi connectivity index (χ1v) is 9.10. The lowest BCUT2D eigenvalue weighted by Gasteiger charge is -2.25. The number of ether oxygens (including phenoxy) is 1. The Bertz CT molecular complexity index is 920. The summed E-state index contributed by atoms with van der Waals surface area (Å²) in [5.74, 6) is 0. The van der Waals surface area contributed by atoms with E-state index in [9.17, 15) is 0 Å². The fraction of sp³-hybridized carbons (Fsp3) is 0.300. The van der Waals surface area contributed by atoms with Crippen molar-refractivity contribution < 1.29 is 4.74 Å². The number of anilines is 2. The third kappa shape index (κ3) is 3.08. The highest BCUT2D eigenvalue weighted by molar-refractivity contribution is 6.30. The van der Waals surface area contributed by atoms with Crippen molar-refractivity contribution in [3.05, 3.63) is 58.7 Å². The van der Waals surface area contributed by atoms with Crippen LogP contribution < -0.4 is 4.90 Å². The molecule has 2 heterocycles. The highest BCUT2D eigenvalue weighted by atomic mass is 35.5. The van der Waals surface area contributed by atoms with Gasteiger partial charge in [0, 0.05) is 29.9 Å². The summed E-state index contributed by atoms with van der Waals surface area (Å²) in [7, 11) is 1.73. The first kappa shape index (κ1) is 17.1. The van der Waals surface area contributed by atoms with Gasteiger partial charge in [0.25, 0.3) is 0 Å². The molecule has 134 valence electrons. The van der Waals surface area contributed by atoms with E-state index < -0.39 is 0 Å². The molecule has 0 atom stereocenters. The van der Waals surface area contributed by atoms with Gasteiger partial charge >= 0.3 is 0 Å². The van der Waals surface area contributed by atoms with Gasteiger partial charge in [-0.05, 0) is 49.2 Å². The van der Waals surface area contributed by atoms with Crippen molar-refractivity contribution in [3.63, 3.8) is 0 Å². The second-order valence-electron chi connectivity index (χ2n) is 6.47. The van der Waals surface area contributed by atoms with Gasteiger partial charge in [0.05, 0.1) is 30.2 Å². The lowest BCUT2D eigenvalue weighted by molar-refractivity contribution is 0.202. The van der Waals surface area contributed by atoms with Crippen molar-refractivity contribution in [2.45, 2.75) is 19.9 Å². The summed E-state index contributed by atoms with van der Waals surface area (Å²) >= 11 is 6.09. The second-order valence-corrected chi connectivity index (χ2v) is 6.91. The van der Waals surface area contributed by atoms with E-state index in [1.807, 2.05) is 23.7 Å². The fourth-order valence-corrected chi connectivity index (χ4v) is 3.60. The van der Waals surface area contributed by atoms with Gasteiger partial charge in [-0.25, -0.2) is 4.68 Å². The van der Waals surface area contributed by atoms with Crippen LogP contribution in [0.15, 0.2) is 42.5 Å². The molecule has 0 bridgehead atoms. The zero-order valence-corrected chi connectivity index (χ0v) is 15.7. The average molecular weight is 369 g/mol. The van der Waals surface area contributed by atoms with Crippen LogP contribution in [-0.2, 0) is 17.7 Å². The Kier molecular flexibility index (Phi) is 4.66. The monoisotopic (exact) mass is 368 g/mol. The fourth-order valence-electron chi connectivity index (χ4n) is 3.47. The number of methoxy groups -OCH3 is 1. The number of halogens is 1. The van der Waals surface area contributed by atoms with E-state index in [1.54, 1.807) is 7.11 Å². The lowest BCUT2D eigenvalue weighted by Crippen LogP contribution is -2.21. The first-order chi connectivity index (χ1) is 12.7. The predicted octanol–water partition coefficient (Wildman–Crippen LogP) is 4.25. The van der Waals surface area contributed by atoms with Gasteiger partial charge in [-0.15, -0.1) is 5.10 Å². The molecule has 0 spiro atoms. The summed E-state index contributed by atoms with van der Waals surface area (Å²) < 4.78 is 7.25. The molecule has 1 aliphatic rings. The SMILES string of the molecule is COCCc1ccc2c(c1)N(c1ccc(Cl)cc1)CCn1nnc(C)c1-2. The third-order valence-corrected chi connectivity index (χ3v) is 5.03. The molecule has 1 aliphatic heterocycles. The molecule has 4 rings (SSSR count). The summed E-state index contributed by atoms with van der Waals surface area (Å²) in [6, 6.07) is 14.6. The van der Waals surface area contributed by atoms with Crippen molar-refractivity contribution in [1.29, 1.82) is 0 Å². The number of hydrogen-bond acceptors (Lipinski definition) is 4. The van der Waals surface area contributed by atoms with Crippen molar-refractivity contribution >= 4 is 23.0 Å². The molecule has 6 heteroatoms. The maximum Gasteiger partial charge on any atom is 0.0936 e. The van der Waals surface area contributed by atoms with E-state index in [1.165, 1.54) is 11.3 Å². The van der Waals surface area contributed by atoms with E-state index >= 15 is 0 Å². The minimum Gasteiger partial charge on any atom is -0.384 e. The van der Waals surface area contributed by atoms with Gasteiger partial charge in [0.1, 0.15) is 0 Å². The number of aryl methyl sites for hydroxylation is 1. The van der Waals surface area contributed by atoms with Gasteiger partial charge in [0.15, 0.2) is 0 Å². The molecule has 3 aromatic rings. The van der Waals surface area contributed by atoms with Crippen molar-refractivity contribution in [1.82, 2.24) is 15.0 Å². The van der Waals surface area contributed by atoms with Crippen LogP contribution >= 0.6 is 11.6 Å². The summed E-state index contributed by atoms with van der Waals surface area (Å²) in [6.45, 7) is 4.32. The standard InChI is InChI=1S/C20H21ClN4O/c1-14-20-18-8-3-15(9-12-26-2)13-19(18)24(10-11-25(20)23-22-14)17-6-4-16(21)5-7-17/h3-8,13H,9-12H2,1-2H3. The zero-order chi connectivity index (χ0) is 18.1.